The summed E-state index contributed by atoms with van der Waals surface area (Å²) in [6, 6.07) is 72.0. The summed E-state index contributed by atoms with van der Waals surface area (Å²) in [7, 11) is 0. The molecule has 0 saturated heterocycles. The fraction of sp³-hybridized carbons (Fsp3) is 0.463. The quantitative estimate of drug-likeness (QED) is 0.0184. The topological polar surface area (TPSA) is 304 Å². The SMILES string of the molecule is C.C.C.C.C.C.C.CC(C)(C)C(=O)Cl.CC(C)(C)C(=O)Cl.CC(C)(C)C1Cc2ccc([N+](=O)[O-])cc2N1.CC(C)(C)C1Cc2ccccc2N1.CC(C)(C)c1cc2ccc(N)cc2[nH]1.CC(C)(C)c1cc2ccc([N+](=O)[O-])cc2[nH]1.CC(C)(C)c1cc2ccccc2[nH]1.Cc1ccccc1CC(=O)C(C)(C)C.Cc1ccccc1CC(=O)C(C)(C)C.Cc1ccccc1N.Cc1ccccc1N.[2H][2H].[CH2-]CCC.[Li+]. The Morgan fingerprint density at radius 3 is 0.979 bits per heavy atom. The number of hydrogen-bond acceptors (Lipinski definition) is 13. The Kier molecular flexibility index (Phi) is 61.7. The van der Waals surface area contributed by atoms with Crippen molar-refractivity contribution in [2.75, 3.05) is 27.8 Å². The number of nitrogens with zero attached hydrogens (tertiary/aromatic N) is 2. The van der Waals surface area contributed by atoms with Gasteiger partial charge in [0.1, 0.15) is 11.6 Å². The summed E-state index contributed by atoms with van der Waals surface area (Å²) >= 11 is 10.2. The van der Waals surface area contributed by atoms with Gasteiger partial charge in [-0.1, -0.05) is 386 Å². The standard InChI is InChI=1S/2C13H18O.C12H16N2O2.C12H14N2O2.C12H16N2.C12H17N.C12H15N.2C7H9N.2C5H9ClO.C4H9.7CH4.Li.H2/c2*1-10-7-5-6-8-11(10)9-12(14)13(2,3)4;2*1-12(2,3)11-6-8-4-5-9(14(15)16)7-10(8)13-11;1-12(2,3)11-6-8-4-5-9(13)7-10(8)14-11;2*1-12(2,3)11-8-9-6-4-5-7-10(9)13-11;2*1-6-4-2-3-5-7(6)8;2*1-5(2,3)4(6)7;1-3-4-2;;;;;;;;;/h2*5-8H,9H2,1-4H3;4-5,7,11,13H,6H2,1-3H3;4-7,13H,1-3H3;4-7,14H,13H2,1-3H3;4-7,11,13H,8H2,1-3H3;4-8,13H,1-3H3;2*2-5H,8H2,1H3;2*1-3H3;1,3-4H2,2H3;7*1H4;;1H/q;;;;;;;;;;;-1;;;;;;;;+1;/i;;;;;;;;;;;;;;;;;;;;1+1D. The summed E-state index contributed by atoms with van der Waals surface area (Å²) in [5.41, 5.74) is 37.9. The Balaban J connectivity index is -0.000000286. The van der Waals surface area contributed by atoms with Crippen LogP contribution in [0.15, 0.2) is 218 Å². The van der Waals surface area contributed by atoms with Gasteiger partial charge in [0, 0.05) is 152 Å². The molecule has 12 aromatic rings. The number of halogens is 2. The van der Waals surface area contributed by atoms with Gasteiger partial charge in [0.2, 0.25) is 10.5 Å². The molecule has 21 heteroatoms. The first kappa shape index (κ1) is 140. The first-order chi connectivity index (χ1) is 62.6. The van der Waals surface area contributed by atoms with Crippen LogP contribution in [0.25, 0.3) is 32.7 Å². The molecule has 0 bridgehead atoms. The van der Waals surface area contributed by atoms with E-state index >= 15 is 0 Å². The van der Waals surface area contributed by atoms with Crippen molar-refractivity contribution in [3.05, 3.63) is 307 Å². The number of nitrogens with two attached hydrogens (primary N) is 3. The maximum absolute atomic E-state index is 11.8. The zero-order chi connectivity index (χ0) is 104. The smallest absolute Gasteiger partial charge is 0.399 e. The van der Waals surface area contributed by atoms with E-state index in [1.807, 2.05) is 191 Å². The van der Waals surface area contributed by atoms with Crippen LogP contribution in [0.4, 0.5) is 39.8 Å². The van der Waals surface area contributed by atoms with Crippen LogP contribution in [0.2, 0.25) is 0 Å². The van der Waals surface area contributed by atoms with E-state index in [0.717, 1.165) is 80.0 Å². The number of benzene rings is 9. The zero-order valence-electron chi connectivity index (χ0n) is 89.5. The van der Waals surface area contributed by atoms with Crippen LogP contribution in [-0.4, -0.2) is 58.9 Å². The molecular formula is C121H189Cl2LiN10O8. The van der Waals surface area contributed by atoms with Crippen molar-refractivity contribution < 1.29 is 50.9 Å². The fourth-order valence-electron chi connectivity index (χ4n) is 12.1. The molecule has 18 nitrogen and oxygen atoms in total. The van der Waals surface area contributed by atoms with E-state index in [2.05, 4.69) is 210 Å². The summed E-state index contributed by atoms with van der Waals surface area (Å²) in [6.07, 6.45) is 5.49. The minimum atomic E-state index is -0.378. The molecule has 0 radical (unpaired) electrons. The molecule has 14 rings (SSSR count). The predicted molar refractivity (Wildman–Crippen MR) is 623 cm³/mol. The van der Waals surface area contributed by atoms with Crippen molar-refractivity contribution in [1.29, 1.82) is 0 Å². The van der Waals surface area contributed by atoms with Gasteiger partial charge in [0.05, 0.1) is 15.4 Å². The van der Waals surface area contributed by atoms with Gasteiger partial charge in [0.15, 0.2) is 0 Å². The molecule has 5 heterocycles. The van der Waals surface area contributed by atoms with E-state index in [1.54, 1.807) is 65.8 Å². The minimum Gasteiger partial charge on any atom is -0.399 e. The van der Waals surface area contributed by atoms with Gasteiger partial charge in [0.25, 0.3) is 11.4 Å². The van der Waals surface area contributed by atoms with Crippen molar-refractivity contribution in [2.24, 2.45) is 32.5 Å². The second-order valence-electron chi connectivity index (χ2n) is 43.7. The molecule has 0 spiro atoms. The Morgan fingerprint density at radius 1 is 0.380 bits per heavy atom. The first-order valence-corrected chi connectivity index (χ1v) is 47.0. The average molecular weight is 1990 g/mol. The Bertz CT molecular complexity index is 5540. The molecule has 11 N–H and O–H groups in total. The number of aryl methyl sites for hydroxylation is 4. The molecule has 142 heavy (non-hydrogen) atoms. The molecular weight excluding hydrogens is 1800 g/mol. The van der Waals surface area contributed by atoms with Crippen LogP contribution in [0.1, 0.15) is 323 Å². The number of nitro groups is 2. The Morgan fingerprint density at radius 2 is 0.669 bits per heavy atom. The largest absolute Gasteiger partial charge is 1.00 e. The van der Waals surface area contributed by atoms with E-state index < -0.39 is 0 Å². The third kappa shape index (κ3) is 50.5. The summed E-state index contributed by atoms with van der Waals surface area (Å²) in [6.45, 7) is 69.2. The number of para-hydroxylation sites is 4. The number of ketones is 2. The van der Waals surface area contributed by atoms with Gasteiger partial charge in [-0.05, 0) is 191 Å². The molecule has 0 amide bonds. The fourth-order valence-corrected chi connectivity index (χ4v) is 12.1. The number of aromatic amines is 3. The van der Waals surface area contributed by atoms with Crippen molar-refractivity contribution in [1.82, 2.24) is 15.0 Å². The zero-order valence-corrected chi connectivity index (χ0v) is 89.0. The van der Waals surface area contributed by atoms with Gasteiger partial charge < -0.3 is 49.7 Å². The number of rotatable bonds is 7. The minimum absolute atomic E-state index is 0. The number of carbonyl (C=O) groups excluding carboxylic acids is 4. The van der Waals surface area contributed by atoms with Crippen molar-refractivity contribution >= 4 is 118 Å². The van der Waals surface area contributed by atoms with Crippen molar-refractivity contribution in [2.45, 2.75) is 340 Å². The van der Waals surface area contributed by atoms with Gasteiger partial charge in [-0.25, -0.2) is 0 Å². The molecule has 0 aliphatic carbocycles. The van der Waals surface area contributed by atoms with E-state index in [-0.39, 0.29) is 146 Å². The number of carbonyl (C=O) groups is 4. The van der Waals surface area contributed by atoms with Gasteiger partial charge >= 0.3 is 18.9 Å². The second kappa shape index (κ2) is 62.7. The normalized spacial score (nSPS) is 12.4. The Labute approximate surface area is 885 Å². The van der Waals surface area contributed by atoms with Crippen LogP contribution < -0.4 is 46.7 Å². The molecule has 2 atom stereocenters. The number of aromatic nitrogens is 3. The molecule has 2 unspecified atom stereocenters. The van der Waals surface area contributed by atoms with Crippen LogP contribution >= 0.6 is 23.2 Å². The second-order valence-corrected chi connectivity index (χ2v) is 44.4. The van der Waals surface area contributed by atoms with E-state index in [0.29, 0.717) is 41.9 Å². The third-order valence-electron chi connectivity index (χ3n) is 22.1. The molecule has 2 aliphatic rings. The number of nitro benzene ring substituents is 2. The molecule has 0 saturated carbocycles. The first-order valence-electron chi connectivity index (χ1n) is 47.2. The summed E-state index contributed by atoms with van der Waals surface area (Å²) < 4.78 is 10.0. The molecule has 3 aromatic heterocycles. The molecule has 9 aromatic carbocycles. The van der Waals surface area contributed by atoms with Gasteiger partial charge in [-0.15, -0.1) is 0 Å². The number of fused-ring (bicyclic) bond motifs is 5. The van der Waals surface area contributed by atoms with Crippen LogP contribution in [0.5, 0.6) is 0 Å². The van der Waals surface area contributed by atoms with E-state index in [9.17, 15) is 39.4 Å². The maximum Gasteiger partial charge on any atom is 1.00 e. The summed E-state index contributed by atoms with van der Waals surface area (Å²) in [5, 5.41) is 31.2. The Hall–Kier alpha value is -10.7. The van der Waals surface area contributed by atoms with Crippen LogP contribution in [0, 0.1) is 87.3 Å². The third-order valence-corrected chi connectivity index (χ3v) is 23.3. The number of unbranched alkanes of at least 4 members (excludes halogenated alkanes) is 1. The van der Waals surface area contributed by atoms with E-state index in [4.69, 9.17) is 43.4 Å². The number of anilines is 5. The summed E-state index contributed by atoms with van der Waals surface area (Å²) in [4.78, 5) is 74.7. The van der Waals surface area contributed by atoms with Crippen molar-refractivity contribution in [3.63, 3.8) is 0 Å². The van der Waals surface area contributed by atoms with Crippen LogP contribution in [0.3, 0.4) is 0 Å². The van der Waals surface area contributed by atoms with E-state index in [1.165, 1.54) is 74.5 Å². The summed E-state index contributed by atoms with van der Waals surface area (Å²) in [5.74, 6) is 0.596. The number of H-pyrrole nitrogens is 3. The molecule has 2 aliphatic heterocycles. The number of nitrogen functional groups attached to an aromatic ring is 3. The molecule has 0 fully saturated rings. The maximum atomic E-state index is 11.8. The van der Waals surface area contributed by atoms with Crippen molar-refractivity contribution in [3.8, 4) is 0 Å². The monoisotopic (exact) mass is 1990 g/mol. The van der Waals surface area contributed by atoms with Gasteiger partial charge in [-0.3, -0.25) is 39.4 Å². The van der Waals surface area contributed by atoms with Gasteiger partial charge in [-0.2, -0.15) is 6.42 Å². The number of hydrogen-bond donors (Lipinski definition) is 8. The van der Waals surface area contributed by atoms with Crippen LogP contribution in [-0.2, 0) is 61.1 Å². The number of Topliss-reactive ketones (excluding diaryl/α,β-unsaturated/α-hetero) is 2. The average Bonchev–Trinajstić information content (AvgIpc) is 1.66. The number of non-ortho nitro benzene ring substituents is 2. The molecule has 786 valence electrons. The predicted octanol–water partition coefficient (Wildman–Crippen LogP) is 32.3. The number of nitrogens with one attached hydrogen (secondary N) is 5.